The summed E-state index contributed by atoms with van der Waals surface area (Å²) in [7, 11) is 0. The van der Waals surface area contributed by atoms with Gasteiger partial charge in [0.2, 0.25) is 0 Å². The molecular weight excluding hydrogens is 520 g/mol. The normalized spacial score (nSPS) is 15.5. The van der Waals surface area contributed by atoms with Crippen molar-refractivity contribution in [2.45, 2.75) is 47.5 Å². The second-order valence-electron chi connectivity index (χ2n) is 8.03. The van der Waals surface area contributed by atoms with Crippen molar-refractivity contribution in [1.82, 2.24) is 3.26 Å². The summed E-state index contributed by atoms with van der Waals surface area (Å²) in [5, 5.41) is 2.92. The van der Waals surface area contributed by atoms with Crippen LogP contribution < -0.4 is 38.4 Å². The second-order valence-corrected chi connectivity index (χ2v) is 21.9. The smallest absolute Gasteiger partial charge is 1.00 e. The third-order valence-corrected chi connectivity index (χ3v) is 25.5. The fourth-order valence-corrected chi connectivity index (χ4v) is 26.4. The van der Waals surface area contributed by atoms with Gasteiger partial charge in [0.25, 0.3) is 0 Å². The number of benzene rings is 2. The number of hydrogen-bond acceptors (Lipinski definition) is 1. The SMILES string of the molecule is CCCC(=O)[NH][Zr+2]([C]1=C(C)C(C)=C(C)C1C)[SiH](c1ccccc1)c1ccccc1.[Cl-].[Cl-]. The third kappa shape index (κ3) is 6.32. The number of carbonyl (C=O) groups excluding carboxylic acids is 1. The molecule has 0 aliphatic heterocycles. The third-order valence-electron chi connectivity index (χ3n) is 6.24. The molecule has 0 saturated heterocycles. The van der Waals surface area contributed by atoms with Gasteiger partial charge in [-0.3, -0.25) is 0 Å². The van der Waals surface area contributed by atoms with Crippen LogP contribution in [0.2, 0.25) is 0 Å². The molecule has 6 heteroatoms. The standard InChI is InChI=1S/C12H11Si.C9H13.C4H9NO.2ClH.Zr/c1-3-7-11(8-4-1)13-12-9-5-2-6-10-12;1-6-5-7(2)9(4)8(6)3;1-2-3-4(5)6;;;/h1-10,13H;6H,1-4H3;2-3H2,1H3,(H2,5,6);2*1H;/q;;;;;+3/p-3. The Balaban J connectivity index is 0.00000240. The molecule has 1 atom stereocenters. The van der Waals surface area contributed by atoms with Crippen LogP contribution in [0.4, 0.5) is 0 Å². The maximum Gasteiger partial charge on any atom is -1.00 e. The van der Waals surface area contributed by atoms with Gasteiger partial charge in [0.15, 0.2) is 0 Å². The topological polar surface area (TPSA) is 29.1 Å². The molecule has 0 saturated carbocycles. The van der Waals surface area contributed by atoms with E-state index < -0.39 is 27.1 Å². The zero-order valence-electron chi connectivity index (χ0n) is 19.0. The molecule has 2 aromatic rings. The average Bonchev–Trinajstić information content (AvgIpc) is 2.92. The molecule has 0 aromatic heterocycles. The summed E-state index contributed by atoms with van der Waals surface area (Å²) < 4.78 is 5.30. The number of nitrogens with one attached hydrogen (secondary N) is 1. The van der Waals surface area contributed by atoms with Crippen molar-refractivity contribution in [2.24, 2.45) is 5.92 Å². The molecule has 0 radical (unpaired) electrons. The molecule has 1 N–H and O–H groups in total. The quantitative estimate of drug-likeness (QED) is 0.406. The van der Waals surface area contributed by atoms with Crippen molar-refractivity contribution in [3.05, 3.63) is 80.7 Å². The molecule has 1 unspecified atom stereocenters. The summed E-state index contributed by atoms with van der Waals surface area (Å²) >= 11 is -2.52. The summed E-state index contributed by atoms with van der Waals surface area (Å²) in [5.41, 5.74) is 4.36. The molecule has 0 fully saturated rings. The Morgan fingerprint density at radius 3 is 1.77 bits per heavy atom. The van der Waals surface area contributed by atoms with E-state index in [1.165, 1.54) is 27.1 Å². The first-order chi connectivity index (χ1) is 14.0. The van der Waals surface area contributed by atoms with Gasteiger partial charge in [-0.25, -0.2) is 0 Å². The van der Waals surface area contributed by atoms with Gasteiger partial charge < -0.3 is 24.8 Å². The minimum Gasteiger partial charge on any atom is -1.00 e. The summed E-state index contributed by atoms with van der Waals surface area (Å²) in [5.74, 6) is -0.848. The summed E-state index contributed by atoms with van der Waals surface area (Å²) in [6.07, 6.45) is 1.52. The van der Waals surface area contributed by atoms with Crippen LogP contribution in [0.5, 0.6) is 0 Å². The van der Waals surface area contributed by atoms with E-state index in [1.54, 1.807) is 3.28 Å². The maximum atomic E-state index is 12.9. The summed E-state index contributed by atoms with van der Waals surface area (Å²) in [4.78, 5) is 12.9. The summed E-state index contributed by atoms with van der Waals surface area (Å²) in [6, 6.07) is 22.0. The largest absolute Gasteiger partial charge is 1.00 e. The van der Waals surface area contributed by atoms with Crippen LogP contribution in [-0.4, -0.2) is 11.8 Å². The molecule has 31 heavy (non-hydrogen) atoms. The van der Waals surface area contributed by atoms with Crippen molar-refractivity contribution in [2.75, 3.05) is 0 Å². The van der Waals surface area contributed by atoms with Crippen LogP contribution in [0, 0.1) is 5.92 Å². The van der Waals surface area contributed by atoms with Gasteiger partial charge in [-0.2, -0.15) is 0 Å². The predicted octanol–water partition coefficient (Wildman–Crippen LogP) is -1.76. The van der Waals surface area contributed by atoms with Gasteiger partial charge in [0.05, 0.1) is 0 Å². The van der Waals surface area contributed by atoms with E-state index in [4.69, 9.17) is 0 Å². The van der Waals surface area contributed by atoms with Crippen molar-refractivity contribution in [3.8, 4) is 0 Å². The number of amides is 1. The number of hydrogen-bond donors (Lipinski definition) is 1. The minimum absolute atomic E-state index is 0. The van der Waals surface area contributed by atoms with E-state index >= 15 is 0 Å². The number of halogens is 2. The van der Waals surface area contributed by atoms with Crippen LogP contribution in [0.25, 0.3) is 0 Å². The first kappa shape index (κ1) is 28.1. The molecule has 0 bridgehead atoms. The number of rotatable bonds is 7. The van der Waals surface area contributed by atoms with Crippen LogP contribution in [-0.2, 0) is 26.0 Å². The minimum atomic E-state index is -2.52. The average molecular weight is 553 g/mol. The molecule has 2 nitrogen and oxygen atoms in total. The van der Waals surface area contributed by atoms with Gasteiger partial charge in [-0.15, -0.1) is 0 Å². The Bertz CT molecular complexity index is 892. The van der Waals surface area contributed by atoms with E-state index in [-0.39, 0.29) is 30.7 Å². The first-order valence-corrected chi connectivity index (χ1v) is 19.1. The van der Waals surface area contributed by atoms with Gasteiger partial charge in [-0.05, 0) is 0 Å². The molecular formula is C25H32Cl2NOSiZr. The molecule has 1 aliphatic carbocycles. The molecule has 0 spiro atoms. The monoisotopic (exact) mass is 550 g/mol. The van der Waals surface area contributed by atoms with E-state index in [0.29, 0.717) is 12.3 Å². The van der Waals surface area contributed by atoms with Crippen LogP contribution >= 0.6 is 0 Å². The maximum absolute atomic E-state index is 12.9. The van der Waals surface area contributed by atoms with E-state index in [1.807, 2.05) is 0 Å². The molecule has 1 aliphatic rings. The van der Waals surface area contributed by atoms with Crippen molar-refractivity contribution in [1.29, 1.82) is 0 Å². The fourth-order valence-electron chi connectivity index (χ4n) is 4.35. The van der Waals surface area contributed by atoms with Crippen molar-refractivity contribution >= 4 is 22.2 Å². The predicted molar refractivity (Wildman–Crippen MR) is 123 cm³/mol. The van der Waals surface area contributed by atoms with Crippen molar-refractivity contribution in [3.63, 3.8) is 0 Å². The first-order valence-electron chi connectivity index (χ1n) is 10.6. The van der Waals surface area contributed by atoms with Gasteiger partial charge in [0, 0.05) is 0 Å². The Kier molecular flexibility index (Phi) is 11.7. The number of carbonyl (C=O) groups is 1. The molecule has 0 heterocycles. The van der Waals surface area contributed by atoms with E-state index in [2.05, 4.69) is 98.5 Å². The molecule has 2 aromatic carbocycles. The van der Waals surface area contributed by atoms with Gasteiger partial charge in [0.1, 0.15) is 0 Å². The zero-order valence-corrected chi connectivity index (χ0v) is 24.1. The summed E-state index contributed by atoms with van der Waals surface area (Å²) in [6.45, 7) is 11.2. The van der Waals surface area contributed by atoms with E-state index in [0.717, 1.165) is 6.42 Å². The second kappa shape index (κ2) is 12.9. The van der Waals surface area contributed by atoms with Crippen LogP contribution in [0.15, 0.2) is 80.7 Å². The van der Waals surface area contributed by atoms with Crippen LogP contribution in [0.1, 0.15) is 47.5 Å². The van der Waals surface area contributed by atoms with Gasteiger partial charge in [-0.1, -0.05) is 0 Å². The molecule has 165 valence electrons. The van der Waals surface area contributed by atoms with E-state index in [9.17, 15) is 4.79 Å². The fraction of sp³-hybridized carbons (Fsp3) is 0.320. The zero-order chi connectivity index (χ0) is 21.0. The Hall–Kier alpha value is -0.930. The molecule has 1 amide bonds. The van der Waals surface area contributed by atoms with Crippen LogP contribution in [0.3, 0.4) is 0 Å². The Labute approximate surface area is 209 Å². The Morgan fingerprint density at radius 2 is 1.39 bits per heavy atom. The van der Waals surface area contributed by atoms with Crippen molar-refractivity contribution < 1.29 is 50.8 Å². The Morgan fingerprint density at radius 1 is 0.903 bits per heavy atom. The van der Waals surface area contributed by atoms with Gasteiger partial charge >= 0.3 is 186 Å². The number of allylic oxidation sites excluding steroid dienone is 4. The molecule has 3 rings (SSSR count).